The molecule has 37 heavy (non-hydrogen) atoms. The summed E-state index contributed by atoms with van der Waals surface area (Å²) < 4.78 is 24.6. The zero-order valence-electron chi connectivity index (χ0n) is 22.5. The van der Waals surface area contributed by atoms with Gasteiger partial charge in [-0.2, -0.15) is 0 Å². The van der Waals surface area contributed by atoms with E-state index in [1.807, 2.05) is 12.1 Å². The topological polar surface area (TPSA) is 54.0 Å². The van der Waals surface area contributed by atoms with Crippen molar-refractivity contribution in [3.05, 3.63) is 85.5 Å². The third-order valence-corrected chi connectivity index (χ3v) is 13.0. The van der Waals surface area contributed by atoms with E-state index in [1.54, 1.807) is 13.2 Å². The third kappa shape index (κ3) is 5.00. The van der Waals surface area contributed by atoms with E-state index in [0.29, 0.717) is 5.92 Å². The minimum absolute atomic E-state index is 0.0233. The van der Waals surface area contributed by atoms with Crippen LogP contribution in [0.2, 0.25) is 5.04 Å². The fourth-order valence-corrected chi connectivity index (χ4v) is 11.0. The van der Waals surface area contributed by atoms with Crippen molar-refractivity contribution in [1.29, 1.82) is 0 Å². The van der Waals surface area contributed by atoms with Crippen molar-refractivity contribution in [2.24, 2.45) is 17.3 Å². The van der Waals surface area contributed by atoms with Crippen molar-refractivity contribution in [3.8, 4) is 0 Å². The Morgan fingerprint density at radius 1 is 1.08 bits per heavy atom. The summed E-state index contributed by atoms with van der Waals surface area (Å²) in [5.74, 6) is -0.00346. The minimum Gasteiger partial charge on any atom is -0.461 e. The number of allylic oxidation sites excluding steroid dienone is 2. The maximum atomic E-state index is 14.0. The van der Waals surface area contributed by atoms with Gasteiger partial charge in [0.1, 0.15) is 18.8 Å². The van der Waals surface area contributed by atoms with Gasteiger partial charge in [0, 0.05) is 13.0 Å². The maximum absolute atomic E-state index is 14.0. The van der Waals surface area contributed by atoms with E-state index in [-0.39, 0.29) is 43.0 Å². The molecule has 2 aromatic carbocycles. The largest absolute Gasteiger partial charge is 0.461 e. The van der Waals surface area contributed by atoms with E-state index in [4.69, 9.17) is 18.6 Å². The predicted octanol–water partition coefficient (Wildman–Crippen LogP) is 4.86. The molecule has 2 aliphatic carbocycles. The summed E-state index contributed by atoms with van der Waals surface area (Å²) in [5.41, 5.74) is -0.980. The molecule has 6 heteroatoms. The van der Waals surface area contributed by atoms with Crippen LogP contribution in [0, 0.1) is 17.3 Å². The van der Waals surface area contributed by atoms with Gasteiger partial charge in [0.25, 0.3) is 8.32 Å². The predicted molar refractivity (Wildman–Crippen MR) is 149 cm³/mol. The van der Waals surface area contributed by atoms with E-state index in [9.17, 15) is 4.79 Å². The van der Waals surface area contributed by atoms with Gasteiger partial charge in [-0.05, 0) is 34.2 Å². The molecule has 0 saturated heterocycles. The molecule has 5 nitrogen and oxygen atoms in total. The zero-order chi connectivity index (χ0) is 26.5. The third-order valence-electron chi connectivity index (χ3n) is 8.02. The van der Waals surface area contributed by atoms with Gasteiger partial charge in [0.15, 0.2) is 0 Å². The number of hydrogen-bond acceptors (Lipinski definition) is 5. The molecule has 0 spiro atoms. The van der Waals surface area contributed by atoms with Crippen LogP contribution >= 0.6 is 0 Å². The Kier molecular flexibility index (Phi) is 8.54. The number of fused-ring (bicyclic) bond motifs is 1. The minimum atomic E-state index is -2.88. The van der Waals surface area contributed by atoms with Crippen LogP contribution in [0.3, 0.4) is 0 Å². The van der Waals surface area contributed by atoms with Gasteiger partial charge in [-0.1, -0.05) is 106 Å². The summed E-state index contributed by atoms with van der Waals surface area (Å²) in [5, 5.41) is 2.14. The molecule has 2 aromatic rings. The molecular formula is C31H40O5Si. The van der Waals surface area contributed by atoms with Gasteiger partial charge >= 0.3 is 5.97 Å². The number of rotatable bonds is 11. The second-order valence-corrected chi connectivity index (χ2v) is 15.4. The van der Waals surface area contributed by atoms with Gasteiger partial charge in [-0.3, -0.25) is 4.79 Å². The molecule has 0 unspecified atom stereocenters. The molecule has 0 bridgehead atoms. The number of benzene rings is 2. The Balaban J connectivity index is 1.85. The van der Waals surface area contributed by atoms with Crippen LogP contribution < -0.4 is 10.4 Å². The lowest BCUT2D eigenvalue weighted by Crippen LogP contribution is -2.68. The Morgan fingerprint density at radius 2 is 1.70 bits per heavy atom. The molecule has 198 valence electrons. The highest BCUT2D eigenvalue weighted by Gasteiger charge is 2.63. The Labute approximate surface area is 222 Å². The molecule has 1 saturated carbocycles. The molecule has 1 fully saturated rings. The average molecular weight is 521 g/mol. The fraction of sp³-hybridized carbons (Fsp3) is 0.452. The van der Waals surface area contributed by atoms with Crippen LogP contribution in [0.15, 0.2) is 85.5 Å². The van der Waals surface area contributed by atoms with E-state index in [0.717, 1.165) is 12.8 Å². The molecule has 0 heterocycles. The van der Waals surface area contributed by atoms with Crippen LogP contribution in [0.4, 0.5) is 0 Å². The monoisotopic (exact) mass is 520 g/mol. The lowest BCUT2D eigenvalue weighted by atomic mass is 9.76. The lowest BCUT2D eigenvalue weighted by Gasteiger charge is -2.46. The molecule has 0 aliphatic heterocycles. The average Bonchev–Trinajstić information content (AvgIpc) is 3.48. The standard InChI is InChI=1S/C31H40O5Si/c1-6-20-34-29(32)31(27-19-13-14-24(27)21-28(31)35-23-33-5)22-36-37(30(2,3)4,25-15-9-7-10-16-25)26-17-11-8-12-18-26/h6-13,15-19,24,27-28H,1,14,20-23H2,2-5H3/t24-,27-,28+,31-/m1/s1. The highest BCUT2D eigenvalue weighted by Crippen LogP contribution is 2.55. The van der Waals surface area contributed by atoms with Gasteiger partial charge in [-0.15, -0.1) is 0 Å². The Bertz CT molecular complexity index is 1040. The maximum Gasteiger partial charge on any atom is 0.317 e. The van der Waals surface area contributed by atoms with Crippen LogP contribution in [0.25, 0.3) is 0 Å². The number of esters is 1. The van der Waals surface area contributed by atoms with Crippen molar-refractivity contribution in [3.63, 3.8) is 0 Å². The zero-order valence-corrected chi connectivity index (χ0v) is 23.5. The van der Waals surface area contributed by atoms with Crippen molar-refractivity contribution < 1.29 is 23.4 Å². The summed E-state index contributed by atoms with van der Waals surface area (Å²) in [6.07, 6.45) is 7.27. The van der Waals surface area contributed by atoms with E-state index >= 15 is 0 Å². The first kappa shape index (κ1) is 27.5. The highest BCUT2D eigenvalue weighted by molar-refractivity contribution is 6.99. The van der Waals surface area contributed by atoms with E-state index < -0.39 is 13.7 Å². The quantitative estimate of drug-likeness (QED) is 0.183. The first-order valence-corrected chi connectivity index (χ1v) is 15.0. The number of methoxy groups -OCH3 is 1. The van der Waals surface area contributed by atoms with E-state index in [2.05, 4.69) is 88.0 Å². The Hall–Kier alpha value is -2.51. The molecule has 0 radical (unpaired) electrons. The molecule has 0 aromatic heterocycles. The van der Waals surface area contributed by atoms with Crippen LogP contribution in [-0.2, 0) is 23.4 Å². The number of carbonyl (C=O) groups excluding carboxylic acids is 1. The van der Waals surface area contributed by atoms with Crippen LogP contribution in [0.5, 0.6) is 0 Å². The summed E-state index contributed by atoms with van der Waals surface area (Å²) in [4.78, 5) is 14.0. The van der Waals surface area contributed by atoms with Gasteiger partial charge in [0.05, 0.1) is 12.7 Å². The summed E-state index contributed by atoms with van der Waals surface area (Å²) in [7, 11) is -1.28. The first-order valence-electron chi connectivity index (χ1n) is 13.1. The number of hydrogen-bond donors (Lipinski definition) is 0. The van der Waals surface area contributed by atoms with Crippen LogP contribution in [-0.4, -0.2) is 47.5 Å². The molecular weight excluding hydrogens is 480 g/mol. The van der Waals surface area contributed by atoms with Crippen molar-refractivity contribution in [2.75, 3.05) is 27.1 Å². The van der Waals surface area contributed by atoms with Crippen molar-refractivity contribution in [1.82, 2.24) is 0 Å². The van der Waals surface area contributed by atoms with Crippen molar-refractivity contribution >= 4 is 24.7 Å². The van der Waals surface area contributed by atoms with Gasteiger partial charge in [0.2, 0.25) is 0 Å². The highest BCUT2D eigenvalue weighted by atomic mass is 28.4. The fourth-order valence-electron chi connectivity index (χ4n) is 6.38. The van der Waals surface area contributed by atoms with E-state index in [1.165, 1.54) is 10.4 Å². The molecule has 4 atom stereocenters. The molecule has 0 N–H and O–H groups in total. The first-order chi connectivity index (χ1) is 17.8. The SMILES string of the molecule is C=CCOC(=O)[C@@]1(CO[Si](c2ccccc2)(c2ccccc2)C(C)(C)C)[C@@H](OCOC)C[C@H]2CC=C[C@H]21. The number of ether oxygens (including phenoxy) is 3. The molecule has 0 amide bonds. The smallest absolute Gasteiger partial charge is 0.317 e. The summed E-state index contributed by atoms with van der Waals surface area (Å²) >= 11 is 0. The number of carbonyl (C=O) groups is 1. The second-order valence-electron chi connectivity index (χ2n) is 11.1. The Morgan fingerprint density at radius 3 is 2.24 bits per heavy atom. The van der Waals surface area contributed by atoms with Crippen LogP contribution in [0.1, 0.15) is 33.6 Å². The van der Waals surface area contributed by atoms with Crippen molar-refractivity contribution in [2.45, 2.75) is 44.8 Å². The normalized spacial score (nSPS) is 25.1. The lowest BCUT2D eigenvalue weighted by molar-refractivity contribution is -0.177. The molecule has 4 rings (SSSR count). The summed E-state index contributed by atoms with van der Waals surface area (Å²) in [6.45, 7) is 10.9. The van der Waals surface area contributed by atoms with Gasteiger partial charge < -0.3 is 18.6 Å². The van der Waals surface area contributed by atoms with Gasteiger partial charge in [-0.25, -0.2) is 0 Å². The second kappa shape index (κ2) is 11.5. The summed E-state index contributed by atoms with van der Waals surface area (Å²) in [6, 6.07) is 21.0. The molecule has 2 aliphatic rings.